The molecule has 1 saturated heterocycles. The number of rotatable bonds is 7. The van der Waals surface area contributed by atoms with Gasteiger partial charge in [0.15, 0.2) is 0 Å². The number of hydrogen-bond donors (Lipinski definition) is 4. The number of likely N-dealkylation sites (tertiary alicyclic amines) is 1. The number of nitrogens with zero attached hydrogens (tertiary/aromatic N) is 1. The molecule has 5 fully saturated rings. The SMILES string of the molecule is CC(C)(C)OC(=O)NC1CCC(NC(=O)C2CC3CCC(C(=N)N)CC3N2CCC2CCCC3CCCCC32)CC1. The second kappa shape index (κ2) is 13.2. The quantitative estimate of drug-likeness (QED) is 0.230. The van der Waals surface area contributed by atoms with E-state index in [1.54, 1.807) is 0 Å². The lowest BCUT2D eigenvalue weighted by Crippen LogP contribution is -2.52. The lowest BCUT2D eigenvalue weighted by atomic mass is 9.64. The number of hydrogen-bond acceptors (Lipinski definition) is 5. The van der Waals surface area contributed by atoms with Gasteiger partial charge in [-0.2, -0.15) is 0 Å². The summed E-state index contributed by atoms with van der Waals surface area (Å²) in [6.07, 6.45) is 18.1. The summed E-state index contributed by atoms with van der Waals surface area (Å²) in [6.45, 7) is 6.64. The van der Waals surface area contributed by atoms with Gasteiger partial charge in [0, 0.05) is 24.0 Å². The van der Waals surface area contributed by atoms with Gasteiger partial charge in [-0.3, -0.25) is 15.1 Å². The third-order valence-electron chi connectivity index (χ3n) is 11.3. The van der Waals surface area contributed by atoms with Gasteiger partial charge in [-0.05, 0) is 115 Å². The first-order valence-corrected chi connectivity index (χ1v) is 17.0. The van der Waals surface area contributed by atoms with Crippen molar-refractivity contribution in [2.75, 3.05) is 6.54 Å². The molecule has 232 valence electrons. The van der Waals surface area contributed by atoms with Crippen LogP contribution in [0.2, 0.25) is 0 Å². The second-order valence-electron chi connectivity index (χ2n) is 15.2. The Morgan fingerprint density at radius 1 is 0.854 bits per heavy atom. The Labute approximate surface area is 248 Å². The van der Waals surface area contributed by atoms with Crippen molar-refractivity contribution in [1.29, 1.82) is 5.41 Å². The number of fused-ring (bicyclic) bond motifs is 2. The molecule has 5 N–H and O–H groups in total. The van der Waals surface area contributed by atoms with Gasteiger partial charge in [0.05, 0.1) is 11.9 Å². The van der Waals surface area contributed by atoms with E-state index >= 15 is 0 Å². The number of carbonyl (C=O) groups is 2. The molecule has 4 saturated carbocycles. The van der Waals surface area contributed by atoms with Gasteiger partial charge in [-0.1, -0.05) is 38.5 Å². The fraction of sp³-hybridized carbons (Fsp3) is 0.909. The fourth-order valence-corrected chi connectivity index (χ4v) is 9.30. The third-order valence-corrected chi connectivity index (χ3v) is 11.3. The first-order chi connectivity index (χ1) is 19.6. The topological polar surface area (TPSA) is 121 Å². The highest BCUT2D eigenvalue weighted by Crippen LogP contribution is 2.47. The van der Waals surface area contributed by atoms with Crippen LogP contribution in [-0.2, 0) is 9.53 Å². The summed E-state index contributed by atoms with van der Waals surface area (Å²) in [4.78, 5) is 28.6. The van der Waals surface area contributed by atoms with Gasteiger partial charge in [0.1, 0.15) is 5.60 Å². The number of amidine groups is 1. The minimum Gasteiger partial charge on any atom is -0.444 e. The molecule has 5 aliphatic rings. The van der Waals surface area contributed by atoms with Crippen LogP contribution in [0.4, 0.5) is 4.79 Å². The molecule has 8 nitrogen and oxygen atoms in total. The van der Waals surface area contributed by atoms with E-state index in [4.69, 9.17) is 15.9 Å². The molecule has 4 aliphatic carbocycles. The molecule has 5 rings (SSSR count). The van der Waals surface area contributed by atoms with Crippen LogP contribution in [0, 0.1) is 35.0 Å². The van der Waals surface area contributed by atoms with Gasteiger partial charge in [-0.15, -0.1) is 0 Å². The molecule has 41 heavy (non-hydrogen) atoms. The van der Waals surface area contributed by atoms with Gasteiger partial charge < -0.3 is 21.1 Å². The lowest BCUT2D eigenvalue weighted by molar-refractivity contribution is -0.127. The minimum absolute atomic E-state index is 0.0703. The molecule has 1 aliphatic heterocycles. The molecule has 1 heterocycles. The van der Waals surface area contributed by atoms with Gasteiger partial charge in [0.25, 0.3) is 0 Å². The molecule has 8 heteroatoms. The van der Waals surface area contributed by atoms with E-state index in [0.29, 0.717) is 17.8 Å². The highest BCUT2D eigenvalue weighted by molar-refractivity contribution is 5.83. The van der Waals surface area contributed by atoms with Crippen LogP contribution < -0.4 is 16.4 Å². The molecular formula is C33H57N5O3. The molecule has 2 amide bonds. The van der Waals surface area contributed by atoms with Crippen molar-refractivity contribution in [3.05, 3.63) is 0 Å². The van der Waals surface area contributed by atoms with Crippen molar-refractivity contribution >= 4 is 17.8 Å². The Balaban J connectivity index is 1.18. The predicted molar refractivity (Wildman–Crippen MR) is 163 cm³/mol. The predicted octanol–water partition coefficient (Wildman–Crippen LogP) is 5.73. The van der Waals surface area contributed by atoms with Gasteiger partial charge in [-0.25, -0.2) is 4.79 Å². The Morgan fingerprint density at radius 2 is 1.54 bits per heavy atom. The fourth-order valence-electron chi connectivity index (χ4n) is 9.30. The van der Waals surface area contributed by atoms with E-state index in [1.807, 2.05) is 20.8 Å². The number of amides is 2. The van der Waals surface area contributed by atoms with Crippen molar-refractivity contribution in [3.8, 4) is 0 Å². The molecule has 7 unspecified atom stereocenters. The Kier molecular flexibility index (Phi) is 9.87. The van der Waals surface area contributed by atoms with E-state index in [0.717, 1.165) is 75.7 Å². The number of nitrogens with one attached hydrogen (secondary N) is 3. The molecule has 0 aromatic heterocycles. The van der Waals surface area contributed by atoms with Crippen LogP contribution in [0.25, 0.3) is 0 Å². The third kappa shape index (κ3) is 7.77. The van der Waals surface area contributed by atoms with Crippen molar-refractivity contribution in [3.63, 3.8) is 0 Å². The molecule has 0 bridgehead atoms. The normalized spacial score (nSPS) is 37.9. The molecule has 0 aromatic carbocycles. The van der Waals surface area contributed by atoms with Crippen LogP contribution in [0.15, 0.2) is 0 Å². The van der Waals surface area contributed by atoms with Crippen molar-refractivity contribution < 1.29 is 14.3 Å². The van der Waals surface area contributed by atoms with Crippen molar-refractivity contribution in [2.24, 2.45) is 35.3 Å². The van der Waals surface area contributed by atoms with Crippen LogP contribution in [0.1, 0.15) is 124 Å². The smallest absolute Gasteiger partial charge is 0.407 e. The summed E-state index contributed by atoms with van der Waals surface area (Å²) in [7, 11) is 0. The maximum absolute atomic E-state index is 13.9. The Bertz CT molecular complexity index is 924. The first kappa shape index (κ1) is 30.6. The van der Waals surface area contributed by atoms with Crippen molar-refractivity contribution in [1.82, 2.24) is 15.5 Å². The molecule has 0 spiro atoms. The summed E-state index contributed by atoms with van der Waals surface area (Å²) in [6, 6.07) is 0.563. The van der Waals surface area contributed by atoms with E-state index in [-0.39, 0.29) is 36.0 Å². The largest absolute Gasteiger partial charge is 0.444 e. The molecular weight excluding hydrogens is 514 g/mol. The minimum atomic E-state index is -0.501. The maximum atomic E-state index is 13.9. The zero-order chi connectivity index (χ0) is 29.1. The summed E-state index contributed by atoms with van der Waals surface area (Å²) in [5, 5.41) is 14.6. The standard InChI is InChI=1S/C33H57N5O3/c1-33(2,3)41-32(40)37-26-15-13-25(14-16-26)36-31(39)29-19-23-11-12-24(30(34)35)20-28(23)38(29)18-17-22-9-6-8-21-7-4-5-10-27(21)22/h21-29H,4-20H2,1-3H3,(H3,34,35)(H,36,39)(H,37,40). The van der Waals surface area contributed by atoms with Crippen LogP contribution in [0.3, 0.4) is 0 Å². The maximum Gasteiger partial charge on any atom is 0.407 e. The Hall–Kier alpha value is -1.83. The van der Waals surface area contributed by atoms with Crippen LogP contribution in [-0.4, -0.2) is 59.0 Å². The molecule has 7 atom stereocenters. The average molecular weight is 572 g/mol. The zero-order valence-electron chi connectivity index (χ0n) is 26.0. The second-order valence-corrected chi connectivity index (χ2v) is 15.2. The van der Waals surface area contributed by atoms with E-state index in [1.165, 1.54) is 51.4 Å². The summed E-state index contributed by atoms with van der Waals surface area (Å²) in [5.74, 6) is 3.84. The lowest BCUT2D eigenvalue weighted by Gasteiger charge is -2.43. The average Bonchev–Trinajstić information content (AvgIpc) is 3.30. The molecule has 0 aromatic rings. The van der Waals surface area contributed by atoms with E-state index in [2.05, 4.69) is 15.5 Å². The van der Waals surface area contributed by atoms with Crippen LogP contribution in [0.5, 0.6) is 0 Å². The highest BCUT2D eigenvalue weighted by Gasteiger charge is 2.48. The zero-order valence-corrected chi connectivity index (χ0v) is 26.0. The number of ether oxygens (including phenoxy) is 1. The van der Waals surface area contributed by atoms with E-state index < -0.39 is 5.60 Å². The van der Waals surface area contributed by atoms with Gasteiger partial charge in [0.2, 0.25) is 5.91 Å². The first-order valence-electron chi connectivity index (χ1n) is 17.0. The number of nitrogens with two attached hydrogens (primary N) is 1. The molecule has 0 radical (unpaired) electrons. The number of carbonyl (C=O) groups excluding carboxylic acids is 2. The number of alkyl carbamates (subject to hydrolysis) is 1. The van der Waals surface area contributed by atoms with E-state index in [9.17, 15) is 9.59 Å². The Morgan fingerprint density at radius 3 is 2.24 bits per heavy atom. The highest BCUT2D eigenvalue weighted by atomic mass is 16.6. The monoisotopic (exact) mass is 571 g/mol. The summed E-state index contributed by atoms with van der Waals surface area (Å²) >= 11 is 0. The van der Waals surface area contributed by atoms with Gasteiger partial charge >= 0.3 is 6.09 Å². The van der Waals surface area contributed by atoms with Crippen LogP contribution >= 0.6 is 0 Å². The summed E-state index contributed by atoms with van der Waals surface area (Å²) < 4.78 is 5.43. The van der Waals surface area contributed by atoms with Crippen molar-refractivity contribution in [2.45, 2.75) is 153 Å². The summed E-state index contributed by atoms with van der Waals surface area (Å²) in [5.41, 5.74) is 5.50.